The summed E-state index contributed by atoms with van der Waals surface area (Å²) in [5, 5.41) is 0. The van der Waals surface area contributed by atoms with Crippen molar-refractivity contribution in [2.45, 2.75) is 65.1 Å². The van der Waals surface area contributed by atoms with E-state index < -0.39 is 0 Å². The normalized spacial score (nSPS) is 13.7. The van der Waals surface area contributed by atoms with Crippen molar-refractivity contribution in [2.24, 2.45) is 5.73 Å². The molecule has 2 rings (SSSR count). The first-order valence-corrected chi connectivity index (χ1v) is 9.13. The van der Waals surface area contributed by atoms with Gasteiger partial charge in [-0.25, -0.2) is 0 Å². The second-order valence-corrected chi connectivity index (χ2v) is 8.86. The maximum absolute atomic E-state index is 6.17. The number of hydrogen-bond donors (Lipinski definition) is 1. The van der Waals surface area contributed by atoms with Crippen LogP contribution in [0.5, 0.6) is 0 Å². The first-order chi connectivity index (χ1) is 11.6. The number of rotatable bonds is 5. The Kier molecular flexibility index (Phi) is 6.08. The van der Waals surface area contributed by atoms with E-state index in [0.29, 0.717) is 13.2 Å². The van der Waals surface area contributed by atoms with Crippen LogP contribution in [-0.4, -0.2) is 6.54 Å². The van der Waals surface area contributed by atoms with Crippen molar-refractivity contribution in [3.63, 3.8) is 0 Å². The molecule has 0 bridgehead atoms. The average molecular weight is 340 g/mol. The standard InChI is InChI=1S/C23H33NO/c1-22(2,3)19-12-17(13-20(14-19)23(4,5)6)16-25-21(15-24)18-10-8-7-9-11-18/h7-14,21H,15-16,24H2,1-6H3/t21-/m0/s1. The quantitative estimate of drug-likeness (QED) is 0.781. The van der Waals surface area contributed by atoms with Crippen LogP contribution in [-0.2, 0) is 22.2 Å². The molecule has 0 fully saturated rings. The van der Waals surface area contributed by atoms with Crippen LogP contribution in [0.25, 0.3) is 0 Å². The van der Waals surface area contributed by atoms with Gasteiger partial charge in [0, 0.05) is 6.54 Å². The van der Waals surface area contributed by atoms with Gasteiger partial charge in [-0.15, -0.1) is 0 Å². The van der Waals surface area contributed by atoms with Crippen LogP contribution < -0.4 is 5.73 Å². The Morgan fingerprint density at radius 3 is 1.80 bits per heavy atom. The smallest absolute Gasteiger partial charge is 0.0951 e. The van der Waals surface area contributed by atoms with Crippen LogP contribution in [0.2, 0.25) is 0 Å². The number of benzene rings is 2. The van der Waals surface area contributed by atoms with Gasteiger partial charge in [-0.1, -0.05) is 90.1 Å². The summed E-state index contributed by atoms with van der Waals surface area (Å²) in [6.45, 7) is 14.6. The Morgan fingerprint density at radius 2 is 1.36 bits per heavy atom. The predicted octanol–water partition coefficient (Wildman–Crippen LogP) is 5.50. The fraction of sp³-hybridized carbons (Fsp3) is 0.478. The molecule has 2 nitrogen and oxygen atoms in total. The van der Waals surface area contributed by atoms with Gasteiger partial charge in [-0.05, 0) is 33.1 Å². The van der Waals surface area contributed by atoms with Crippen LogP contribution in [0, 0.1) is 0 Å². The van der Waals surface area contributed by atoms with Gasteiger partial charge >= 0.3 is 0 Å². The maximum atomic E-state index is 6.17. The largest absolute Gasteiger partial charge is 0.368 e. The molecule has 0 amide bonds. The van der Waals surface area contributed by atoms with Crippen molar-refractivity contribution in [1.82, 2.24) is 0 Å². The molecule has 0 aliphatic rings. The summed E-state index contributed by atoms with van der Waals surface area (Å²) in [5.41, 5.74) is 11.2. The second-order valence-electron chi connectivity index (χ2n) is 8.86. The lowest BCUT2D eigenvalue weighted by Crippen LogP contribution is -2.18. The molecule has 0 aliphatic carbocycles. The SMILES string of the molecule is CC(C)(C)c1cc(CO[C@@H](CN)c2ccccc2)cc(C(C)(C)C)c1. The van der Waals surface area contributed by atoms with E-state index in [1.54, 1.807) is 0 Å². The molecule has 0 unspecified atom stereocenters. The molecule has 0 spiro atoms. The van der Waals surface area contributed by atoms with E-state index >= 15 is 0 Å². The topological polar surface area (TPSA) is 35.2 Å². The van der Waals surface area contributed by atoms with Crippen LogP contribution in [0.1, 0.15) is 69.9 Å². The Balaban J connectivity index is 2.26. The van der Waals surface area contributed by atoms with Gasteiger partial charge in [-0.3, -0.25) is 0 Å². The number of nitrogens with two attached hydrogens (primary N) is 1. The highest BCUT2D eigenvalue weighted by molar-refractivity contribution is 5.37. The summed E-state index contributed by atoms with van der Waals surface area (Å²) in [4.78, 5) is 0. The molecule has 0 heterocycles. The summed E-state index contributed by atoms with van der Waals surface area (Å²) in [6.07, 6.45) is -0.0717. The molecule has 136 valence electrons. The molecule has 0 saturated carbocycles. The first kappa shape index (κ1) is 19.7. The minimum absolute atomic E-state index is 0.0717. The summed E-state index contributed by atoms with van der Waals surface area (Å²) >= 11 is 0. The molecule has 2 aromatic rings. The van der Waals surface area contributed by atoms with Crippen LogP contribution in [0.3, 0.4) is 0 Å². The summed E-state index contributed by atoms with van der Waals surface area (Å²) in [7, 11) is 0. The molecule has 25 heavy (non-hydrogen) atoms. The zero-order valence-electron chi connectivity index (χ0n) is 16.6. The van der Waals surface area contributed by atoms with E-state index in [-0.39, 0.29) is 16.9 Å². The van der Waals surface area contributed by atoms with Gasteiger partial charge in [0.25, 0.3) is 0 Å². The zero-order valence-corrected chi connectivity index (χ0v) is 16.6. The van der Waals surface area contributed by atoms with Crippen molar-refractivity contribution in [2.75, 3.05) is 6.54 Å². The molecule has 0 radical (unpaired) electrons. The number of ether oxygens (including phenoxy) is 1. The van der Waals surface area contributed by atoms with Gasteiger partial charge in [-0.2, -0.15) is 0 Å². The van der Waals surface area contributed by atoms with E-state index in [1.165, 1.54) is 16.7 Å². The van der Waals surface area contributed by atoms with Crippen molar-refractivity contribution >= 4 is 0 Å². The average Bonchev–Trinajstić information content (AvgIpc) is 2.54. The van der Waals surface area contributed by atoms with Crippen LogP contribution in [0.15, 0.2) is 48.5 Å². The first-order valence-electron chi connectivity index (χ1n) is 9.13. The molecular weight excluding hydrogens is 306 g/mol. The van der Waals surface area contributed by atoms with Gasteiger partial charge in [0.05, 0.1) is 12.7 Å². The molecule has 2 aromatic carbocycles. The third kappa shape index (κ3) is 5.42. The molecule has 1 atom stereocenters. The fourth-order valence-corrected chi connectivity index (χ4v) is 2.81. The Bertz CT molecular complexity index is 645. The summed E-state index contributed by atoms with van der Waals surface area (Å²) < 4.78 is 6.17. The summed E-state index contributed by atoms with van der Waals surface area (Å²) in [6, 6.07) is 17.1. The van der Waals surface area contributed by atoms with Gasteiger partial charge in [0.2, 0.25) is 0 Å². The van der Waals surface area contributed by atoms with Crippen molar-refractivity contribution < 1.29 is 4.74 Å². The minimum atomic E-state index is -0.0717. The monoisotopic (exact) mass is 339 g/mol. The van der Waals surface area contributed by atoms with Crippen LogP contribution >= 0.6 is 0 Å². The van der Waals surface area contributed by atoms with E-state index in [9.17, 15) is 0 Å². The molecule has 0 saturated heterocycles. The van der Waals surface area contributed by atoms with E-state index in [2.05, 4.69) is 71.9 Å². The highest BCUT2D eigenvalue weighted by Gasteiger charge is 2.21. The fourth-order valence-electron chi connectivity index (χ4n) is 2.81. The third-order valence-electron chi connectivity index (χ3n) is 4.56. The second kappa shape index (κ2) is 7.72. The Labute approximate surface area is 153 Å². The van der Waals surface area contributed by atoms with E-state index in [1.807, 2.05) is 18.2 Å². The highest BCUT2D eigenvalue weighted by atomic mass is 16.5. The molecule has 2 N–H and O–H groups in total. The zero-order chi connectivity index (χ0) is 18.7. The predicted molar refractivity (Wildman–Crippen MR) is 107 cm³/mol. The van der Waals surface area contributed by atoms with Crippen LogP contribution in [0.4, 0.5) is 0 Å². The highest BCUT2D eigenvalue weighted by Crippen LogP contribution is 2.31. The lowest BCUT2D eigenvalue weighted by molar-refractivity contribution is 0.0455. The third-order valence-corrected chi connectivity index (χ3v) is 4.56. The Morgan fingerprint density at radius 1 is 0.840 bits per heavy atom. The van der Waals surface area contributed by atoms with Crippen molar-refractivity contribution in [3.05, 3.63) is 70.8 Å². The molecule has 0 aromatic heterocycles. The van der Waals surface area contributed by atoms with E-state index in [0.717, 1.165) is 5.56 Å². The minimum Gasteiger partial charge on any atom is -0.368 e. The molecule has 2 heteroatoms. The number of hydrogen-bond acceptors (Lipinski definition) is 2. The van der Waals surface area contributed by atoms with Gasteiger partial charge in [0.1, 0.15) is 0 Å². The van der Waals surface area contributed by atoms with Crippen molar-refractivity contribution in [1.29, 1.82) is 0 Å². The maximum Gasteiger partial charge on any atom is 0.0951 e. The van der Waals surface area contributed by atoms with E-state index in [4.69, 9.17) is 10.5 Å². The van der Waals surface area contributed by atoms with Crippen molar-refractivity contribution in [3.8, 4) is 0 Å². The Hall–Kier alpha value is -1.64. The lowest BCUT2D eigenvalue weighted by atomic mass is 9.79. The lowest BCUT2D eigenvalue weighted by Gasteiger charge is -2.26. The van der Waals surface area contributed by atoms with Gasteiger partial charge in [0.15, 0.2) is 0 Å². The summed E-state index contributed by atoms with van der Waals surface area (Å²) in [5.74, 6) is 0. The molecule has 0 aliphatic heterocycles. The van der Waals surface area contributed by atoms with Gasteiger partial charge < -0.3 is 10.5 Å². The molecular formula is C23H33NO.